The molecule has 2 aromatic rings. The van der Waals surface area contributed by atoms with Crippen molar-refractivity contribution in [2.75, 3.05) is 7.11 Å². The van der Waals surface area contributed by atoms with E-state index in [2.05, 4.69) is 26.5 Å². The van der Waals surface area contributed by atoms with Crippen molar-refractivity contribution in [3.8, 4) is 0 Å². The van der Waals surface area contributed by atoms with Gasteiger partial charge in [0.15, 0.2) is 6.10 Å². The first kappa shape index (κ1) is 16.4. The van der Waals surface area contributed by atoms with E-state index in [9.17, 15) is 4.79 Å². The van der Waals surface area contributed by atoms with Crippen molar-refractivity contribution in [1.82, 2.24) is 5.43 Å². The van der Waals surface area contributed by atoms with Gasteiger partial charge in [-0.1, -0.05) is 58.4 Å². The van der Waals surface area contributed by atoms with E-state index in [0.717, 1.165) is 21.3 Å². The number of amides is 1. The summed E-state index contributed by atoms with van der Waals surface area (Å²) in [5, 5.41) is 4.15. The predicted octanol–water partition coefficient (Wildman–Crippen LogP) is 3.68. The van der Waals surface area contributed by atoms with Crippen molar-refractivity contribution in [3.05, 3.63) is 70.2 Å². The summed E-state index contributed by atoms with van der Waals surface area (Å²) in [6, 6.07) is 17.0. The van der Waals surface area contributed by atoms with Crippen molar-refractivity contribution in [1.29, 1.82) is 0 Å². The maximum absolute atomic E-state index is 12.2. The number of hydrogen-bond acceptors (Lipinski definition) is 3. The van der Waals surface area contributed by atoms with Crippen LogP contribution in [0.3, 0.4) is 0 Å². The summed E-state index contributed by atoms with van der Waals surface area (Å²) in [7, 11) is 1.50. The molecule has 0 bridgehead atoms. The second-order valence-electron chi connectivity index (χ2n) is 4.71. The Labute approximate surface area is 138 Å². The fourth-order valence-corrected chi connectivity index (χ4v) is 2.40. The number of carbonyl (C=O) groups is 1. The van der Waals surface area contributed by atoms with Crippen molar-refractivity contribution in [2.45, 2.75) is 13.0 Å². The van der Waals surface area contributed by atoms with Crippen LogP contribution in [0, 0.1) is 0 Å². The SMILES string of the molecule is CO[C@H](C(=O)N/N=C(/C)c1cccc(Br)c1)c1ccccc1. The standard InChI is InChI=1S/C17H17BrN2O2/c1-12(14-9-6-10-15(18)11-14)19-20-17(21)16(22-2)13-7-4-3-5-8-13/h3-11,16H,1-2H3,(H,20,21)/b19-12-/t16-/m0/s1. The average Bonchev–Trinajstić information content (AvgIpc) is 2.54. The van der Waals surface area contributed by atoms with Crippen LogP contribution in [0.1, 0.15) is 24.2 Å². The molecule has 0 aromatic heterocycles. The number of rotatable bonds is 5. The maximum atomic E-state index is 12.2. The first-order chi connectivity index (χ1) is 10.6. The molecular weight excluding hydrogens is 344 g/mol. The van der Waals surface area contributed by atoms with Gasteiger partial charge in [-0.25, -0.2) is 5.43 Å². The molecule has 0 aliphatic carbocycles. The van der Waals surface area contributed by atoms with Gasteiger partial charge in [0, 0.05) is 11.6 Å². The molecule has 0 saturated heterocycles. The summed E-state index contributed by atoms with van der Waals surface area (Å²) >= 11 is 3.41. The minimum absolute atomic E-state index is 0.303. The minimum atomic E-state index is -0.680. The zero-order valence-electron chi connectivity index (χ0n) is 12.4. The van der Waals surface area contributed by atoms with Gasteiger partial charge in [0.25, 0.3) is 5.91 Å². The highest BCUT2D eigenvalue weighted by atomic mass is 79.9. The van der Waals surface area contributed by atoms with Gasteiger partial charge in [0.1, 0.15) is 0 Å². The summed E-state index contributed by atoms with van der Waals surface area (Å²) in [5.74, 6) is -0.303. The Bertz CT molecular complexity index is 671. The zero-order valence-corrected chi connectivity index (χ0v) is 14.0. The van der Waals surface area contributed by atoms with Gasteiger partial charge in [0.05, 0.1) is 5.71 Å². The van der Waals surface area contributed by atoms with Gasteiger partial charge in [-0.3, -0.25) is 4.79 Å². The molecule has 2 rings (SSSR count). The Morgan fingerprint density at radius 3 is 2.55 bits per heavy atom. The lowest BCUT2D eigenvalue weighted by atomic mass is 10.1. The van der Waals surface area contributed by atoms with E-state index in [1.165, 1.54) is 7.11 Å². The largest absolute Gasteiger partial charge is 0.367 e. The van der Waals surface area contributed by atoms with Gasteiger partial charge in [-0.05, 0) is 30.2 Å². The number of carbonyl (C=O) groups excluding carboxylic acids is 1. The van der Waals surface area contributed by atoms with E-state index in [0.29, 0.717) is 0 Å². The molecule has 22 heavy (non-hydrogen) atoms. The van der Waals surface area contributed by atoms with Crippen molar-refractivity contribution >= 4 is 27.5 Å². The average molecular weight is 361 g/mol. The van der Waals surface area contributed by atoms with E-state index in [1.54, 1.807) is 0 Å². The van der Waals surface area contributed by atoms with Crippen LogP contribution in [-0.4, -0.2) is 18.7 Å². The highest BCUT2D eigenvalue weighted by Gasteiger charge is 2.19. The summed E-state index contributed by atoms with van der Waals surface area (Å²) in [5.41, 5.74) is 5.00. The third-order valence-electron chi connectivity index (χ3n) is 3.15. The van der Waals surface area contributed by atoms with Crippen LogP contribution in [0.4, 0.5) is 0 Å². The lowest BCUT2D eigenvalue weighted by Gasteiger charge is -2.14. The number of ether oxygens (including phenoxy) is 1. The predicted molar refractivity (Wildman–Crippen MR) is 90.7 cm³/mol. The Morgan fingerprint density at radius 1 is 1.18 bits per heavy atom. The maximum Gasteiger partial charge on any atom is 0.273 e. The van der Waals surface area contributed by atoms with Crippen molar-refractivity contribution in [3.63, 3.8) is 0 Å². The Kier molecular flexibility index (Phi) is 5.86. The lowest BCUT2D eigenvalue weighted by Crippen LogP contribution is -2.27. The smallest absolute Gasteiger partial charge is 0.273 e. The molecular formula is C17H17BrN2O2. The van der Waals surface area contributed by atoms with E-state index < -0.39 is 6.10 Å². The fraction of sp³-hybridized carbons (Fsp3) is 0.176. The van der Waals surface area contributed by atoms with Crippen LogP contribution < -0.4 is 5.43 Å². The van der Waals surface area contributed by atoms with Gasteiger partial charge < -0.3 is 4.74 Å². The number of benzene rings is 2. The Balaban J connectivity index is 2.09. The van der Waals surface area contributed by atoms with Crippen LogP contribution in [0.15, 0.2) is 64.2 Å². The van der Waals surface area contributed by atoms with Crippen LogP contribution in [0.5, 0.6) is 0 Å². The van der Waals surface area contributed by atoms with Crippen LogP contribution in [0.2, 0.25) is 0 Å². The van der Waals surface area contributed by atoms with Crippen LogP contribution in [-0.2, 0) is 9.53 Å². The first-order valence-electron chi connectivity index (χ1n) is 6.79. The molecule has 1 atom stereocenters. The highest BCUT2D eigenvalue weighted by molar-refractivity contribution is 9.10. The number of halogens is 1. The summed E-state index contributed by atoms with van der Waals surface area (Å²) < 4.78 is 6.23. The van der Waals surface area contributed by atoms with E-state index >= 15 is 0 Å². The normalized spacial score (nSPS) is 12.8. The van der Waals surface area contributed by atoms with Gasteiger partial charge in [-0.2, -0.15) is 5.10 Å². The number of nitrogens with one attached hydrogen (secondary N) is 1. The monoisotopic (exact) mass is 360 g/mol. The molecule has 0 saturated carbocycles. The van der Waals surface area contributed by atoms with Crippen molar-refractivity contribution in [2.24, 2.45) is 5.10 Å². The zero-order chi connectivity index (χ0) is 15.9. The highest BCUT2D eigenvalue weighted by Crippen LogP contribution is 2.16. The number of nitrogens with zero attached hydrogens (tertiary/aromatic N) is 1. The number of hydrazone groups is 1. The second kappa shape index (κ2) is 7.87. The molecule has 1 amide bonds. The fourth-order valence-electron chi connectivity index (χ4n) is 2.00. The minimum Gasteiger partial charge on any atom is -0.367 e. The number of hydrogen-bond donors (Lipinski definition) is 1. The molecule has 2 aromatic carbocycles. The Hall–Kier alpha value is -1.98. The van der Waals surface area contributed by atoms with Crippen molar-refractivity contribution < 1.29 is 9.53 Å². The Morgan fingerprint density at radius 2 is 1.91 bits per heavy atom. The molecule has 0 fully saturated rings. The van der Waals surface area contributed by atoms with E-state index in [-0.39, 0.29) is 5.91 Å². The molecule has 0 radical (unpaired) electrons. The molecule has 114 valence electrons. The van der Waals surface area contributed by atoms with Gasteiger partial charge >= 0.3 is 0 Å². The first-order valence-corrected chi connectivity index (χ1v) is 7.59. The van der Waals surface area contributed by atoms with E-state index in [1.807, 2.05) is 61.5 Å². The summed E-state index contributed by atoms with van der Waals surface area (Å²) in [6.07, 6.45) is -0.680. The number of methoxy groups -OCH3 is 1. The van der Waals surface area contributed by atoms with Gasteiger partial charge in [0.2, 0.25) is 0 Å². The molecule has 4 nitrogen and oxygen atoms in total. The summed E-state index contributed by atoms with van der Waals surface area (Å²) in [6.45, 7) is 1.84. The van der Waals surface area contributed by atoms with E-state index in [4.69, 9.17) is 4.74 Å². The summed E-state index contributed by atoms with van der Waals surface area (Å²) in [4.78, 5) is 12.2. The quantitative estimate of drug-likeness (QED) is 0.653. The second-order valence-corrected chi connectivity index (χ2v) is 5.63. The van der Waals surface area contributed by atoms with Crippen LogP contribution in [0.25, 0.3) is 0 Å². The van der Waals surface area contributed by atoms with Gasteiger partial charge in [-0.15, -0.1) is 0 Å². The third kappa shape index (κ3) is 4.26. The van der Waals surface area contributed by atoms with Crippen LogP contribution >= 0.6 is 15.9 Å². The molecule has 0 aliphatic rings. The molecule has 5 heteroatoms. The topological polar surface area (TPSA) is 50.7 Å². The molecule has 0 spiro atoms. The molecule has 0 unspecified atom stereocenters. The third-order valence-corrected chi connectivity index (χ3v) is 3.65. The molecule has 1 N–H and O–H groups in total. The lowest BCUT2D eigenvalue weighted by molar-refractivity contribution is -0.131. The molecule has 0 heterocycles. The molecule has 0 aliphatic heterocycles.